The van der Waals surface area contributed by atoms with E-state index in [0.717, 1.165) is 40.9 Å². The third kappa shape index (κ3) is 3.16. The molecule has 1 fully saturated rings. The molecule has 1 aliphatic heterocycles. The predicted octanol–water partition coefficient (Wildman–Crippen LogP) is 2.89. The van der Waals surface area contributed by atoms with Crippen LogP contribution in [0.1, 0.15) is 18.7 Å². The maximum atomic E-state index is 11.2. The van der Waals surface area contributed by atoms with Gasteiger partial charge < -0.3 is 10.1 Å². The molecule has 0 bridgehead atoms. The van der Waals surface area contributed by atoms with Crippen LogP contribution in [0.15, 0.2) is 34.9 Å². The highest BCUT2D eigenvalue weighted by Gasteiger charge is 2.30. The second-order valence-corrected chi connectivity index (χ2v) is 6.13. The maximum Gasteiger partial charge on any atom is 0.320 e. The number of nitrogens with zero attached hydrogens (tertiary/aromatic N) is 2. The molecule has 6 heteroatoms. The molecule has 0 saturated carbocycles. The van der Waals surface area contributed by atoms with E-state index in [2.05, 4.69) is 25.9 Å². The largest absolute Gasteiger partial charge is 0.480 e. The third-order valence-electron chi connectivity index (χ3n) is 3.79. The van der Waals surface area contributed by atoms with Crippen LogP contribution >= 0.6 is 15.9 Å². The first-order chi connectivity index (χ1) is 10.1. The van der Waals surface area contributed by atoms with Gasteiger partial charge in [-0.3, -0.25) is 9.69 Å². The highest BCUT2D eigenvalue weighted by molar-refractivity contribution is 9.10. The lowest BCUT2D eigenvalue weighted by molar-refractivity contribution is -0.142. The van der Waals surface area contributed by atoms with Gasteiger partial charge in [0.15, 0.2) is 0 Å². The number of aliphatic carboxylic acids is 1. The van der Waals surface area contributed by atoms with Crippen LogP contribution in [0.5, 0.6) is 0 Å². The monoisotopic (exact) mass is 349 g/mol. The number of nitrogens with one attached hydrogen (secondary N) is 1. The Bertz CT molecular complexity index is 639. The van der Waals surface area contributed by atoms with Gasteiger partial charge in [-0.05, 0) is 37.1 Å². The Balaban J connectivity index is 1.73. The van der Waals surface area contributed by atoms with Gasteiger partial charge in [-0.15, -0.1) is 0 Å². The fourth-order valence-corrected chi connectivity index (χ4v) is 2.97. The average Bonchev–Trinajstić information content (AvgIpc) is 3.09. The summed E-state index contributed by atoms with van der Waals surface area (Å²) in [7, 11) is 0. The first-order valence-electron chi connectivity index (χ1n) is 6.90. The summed E-state index contributed by atoms with van der Waals surface area (Å²) in [6, 6.07) is 7.61. The van der Waals surface area contributed by atoms with Crippen molar-refractivity contribution in [1.82, 2.24) is 14.9 Å². The SMILES string of the molecule is O=C(O)[C@H]1CCCN1Cc1ncc(-c2ccc(Br)cc2)[nH]1. The van der Waals surface area contributed by atoms with E-state index in [1.165, 1.54) is 0 Å². The van der Waals surface area contributed by atoms with Gasteiger partial charge in [0.05, 0.1) is 18.4 Å². The van der Waals surface area contributed by atoms with E-state index >= 15 is 0 Å². The van der Waals surface area contributed by atoms with Crippen LogP contribution in [0.25, 0.3) is 11.3 Å². The number of halogens is 1. The summed E-state index contributed by atoms with van der Waals surface area (Å²) in [6.45, 7) is 1.36. The minimum atomic E-state index is -0.743. The lowest BCUT2D eigenvalue weighted by Gasteiger charge is -2.19. The highest BCUT2D eigenvalue weighted by atomic mass is 79.9. The molecule has 0 unspecified atom stereocenters. The number of H-pyrrole nitrogens is 1. The zero-order chi connectivity index (χ0) is 14.8. The van der Waals surface area contributed by atoms with E-state index in [1.54, 1.807) is 6.20 Å². The molecule has 2 heterocycles. The van der Waals surface area contributed by atoms with E-state index in [-0.39, 0.29) is 6.04 Å². The summed E-state index contributed by atoms with van der Waals surface area (Å²) in [5.41, 5.74) is 2.01. The third-order valence-corrected chi connectivity index (χ3v) is 4.31. The fourth-order valence-electron chi connectivity index (χ4n) is 2.71. The molecule has 0 radical (unpaired) electrons. The summed E-state index contributed by atoms with van der Waals surface area (Å²) < 4.78 is 1.03. The lowest BCUT2D eigenvalue weighted by Crippen LogP contribution is -2.35. The molecule has 0 spiro atoms. The van der Waals surface area contributed by atoms with Gasteiger partial charge in [-0.2, -0.15) is 0 Å². The summed E-state index contributed by atoms with van der Waals surface area (Å²) in [6.07, 6.45) is 3.44. The molecular weight excluding hydrogens is 334 g/mol. The molecule has 0 amide bonds. The highest BCUT2D eigenvalue weighted by Crippen LogP contribution is 2.22. The van der Waals surface area contributed by atoms with Crippen molar-refractivity contribution >= 4 is 21.9 Å². The molecule has 1 aliphatic rings. The molecular formula is C15H16BrN3O2. The molecule has 21 heavy (non-hydrogen) atoms. The molecule has 1 aromatic carbocycles. The van der Waals surface area contributed by atoms with Gasteiger partial charge in [-0.1, -0.05) is 28.1 Å². The van der Waals surface area contributed by atoms with Crippen molar-refractivity contribution in [1.29, 1.82) is 0 Å². The number of hydrogen-bond donors (Lipinski definition) is 2. The van der Waals surface area contributed by atoms with Gasteiger partial charge in [0.25, 0.3) is 0 Å². The Kier molecular flexibility index (Phi) is 4.07. The van der Waals surface area contributed by atoms with Crippen LogP contribution in [0.2, 0.25) is 0 Å². The molecule has 5 nitrogen and oxygen atoms in total. The van der Waals surface area contributed by atoms with Crippen molar-refractivity contribution in [3.05, 3.63) is 40.8 Å². The van der Waals surface area contributed by atoms with Crippen LogP contribution < -0.4 is 0 Å². The Morgan fingerprint density at radius 2 is 2.19 bits per heavy atom. The number of aromatic amines is 1. The molecule has 110 valence electrons. The van der Waals surface area contributed by atoms with Crippen LogP contribution in [0, 0.1) is 0 Å². The van der Waals surface area contributed by atoms with E-state index in [0.29, 0.717) is 6.54 Å². The number of carboxylic acids is 1. The number of likely N-dealkylation sites (tertiary alicyclic amines) is 1. The normalized spacial score (nSPS) is 19.0. The standard InChI is InChI=1S/C15H16BrN3O2/c16-11-5-3-10(4-6-11)12-8-17-14(18-12)9-19-7-1-2-13(19)15(20)21/h3-6,8,13H,1-2,7,9H2,(H,17,18)(H,20,21)/t13-/m1/s1. The fraction of sp³-hybridized carbons (Fsp3) is 0.333. The minimum Gasteiger partial charge on any atom is -0.480 e. The predicted molar refractivity (Wildman–Crippen MR) is 82.8 cm³/mol. The van der Waals surface area contributed by atoms with Crippen LogP contribution in [-0.2, 0) is 11.3 Å². The number of rotatable bonds is 4. The van der Waals surface area contributed by atoms with Crippen molar-refractivity contribution in [3.8, 4) is 11.3 Å². The van der Waals surface area contributed by atoms with E-state index in [9.17, 15) is 9.90 Å². The van der Waals surface area contributed by atoms with E-state index in [1.807, 2.05) is 29.2 Å². The Morgan fingerprint density at radius 3 is 2.90 bits per heavy atom. The quantitative estimate of drug-likeness (QED) is 0.890. The summed E-state index contributed by atoms with van der Waals surface area (Å²) in [5.74, 6) is 0.0632. The van der Waals surface area contributed by atoms with E-state index < -0.39 is 5.97 Å². The maximum absolute atomic E-state index is 11.2. The smallest absolute Gasteiger partial charge is 0.320 e. The number of carboxylic acid groups (broad SMARTS) is 1. The van der Waals surface area contributed by atoms with Gasteiger partial charge in [0, 0.05) is 4.47 Å². The molecule has 1 aromatic heterocycles. The van der Waals surface area contributed by atoms with Crippen molar-refractivity contribution < 1.29 is 9.90 Å². The van der Waals surface area contributed by atoms with Crippen LogP contribution in [-0.4, -0.2) is 38.5 Å². The van der Waals surface area contributed by atoms with Gasteiger partial charge in [0.2, 0.25) is 0 Å². The second kappa shape index (κ2) is 5.99. The molecule has 1 saturated heterocycles. The lowest BCUT2D eigenvalue weighted by atomic mass is 10.2. The Morgan fingerprint density at radius 1 is 1.43 bits per heavy atom. The van der Waals surface area contributed by atoms with Crippen LogP contribution in [0.3, 0.4) is 0 Å². The molecule has 1 atom stereocenters. The molecule has 0 aliphatic carbocycles. The first kappa shape index (κ1) is 14.3. The summed E-state index contributed by atoms with van der Waals surface area (Å²) in [4.78, 5) is 20.8. The van der Waals surface area contributed by atoms with Gasteiger partial charge in [-0.25, -0.2) is 4.98 Å². The summed E-state index contributed by atoms with van der Waals surface area (Å²) in [5, 5.41) is 9.19. The summed E-state index contributed by atoms with van der Waals surface area (Å²) >= 11 is 3.41. The van der Waals surface area contributed by atoms with E-state index in [4.69, 9.17) is 0 Å². The first-order valence-corrected chi connectivity index (χ1v) is 7.69. The number of imidazole rings is 1. The average molecular weight is 350 g/mol. The number of carbonyl (C=O) groups is 1. The van der Waals surface area contributed by atoms with Gasteiger partial charge in [0.1, 0.15) is 11.9 Å². The number of hydrogen-bond acceptors (Lipinski definition) is 3. The van der Waals surface area contributed by atoms with Crippen LogP contribution in [0.4, 0.5) is 0 Å². The minimum absolute atomic E-state index is 0.383. The zero-order valence-electron chi connectivity index (χ0n) is 11.4. The van der Waals surface area contributed by atoms with Crippen molar-refractivity contribution in [2.24, 2.45) is 0 Å². The zero-order valence-corrected chi connectivity index (χ0v) is 13.0. The molecule has 3 rings (SSSR count). The second-order valence-electron chi connectivity index (χ2n) is 5.22. The Hall–Kier alpha value is -1.66. The Labute approximate surface area is 131 Å². The molecule has 2 N–H and O–H groups in total. The van der Waals surface area contributed by atoms with Gasteiger partial charge >= 0.3 is 5.97 Å². The van der Waals surface area contributed by atoms with Crippen molar-refractivity contribution in [2.75, 3.05) is 6.54 Å². The van der Waals surface area contributed by atoms with Crippen molar-refractivity contribution in [3.63, 3.8) is 0 Å². The topological polar surface area (TPSA) is 69.2 Å². The number of aromatic nitrogens is 2. The number of benzene rings is 1. The molecule has 2 aromatic rings. The van der Waals surface area contributed by atoms with Crippen molar-refractivity contribution in [2.45, 2.75) is 25.4 Å².